The third kappa shape index (κ3) is 3.89. The van der Waals surface area contributed by atoms with E-state index < -0.39 is 29.0 Å². The first-order valence-corrected chi connectivity index (χ1v) is 9.03. The second-order valence-corrected chi connectivity index (χ2v) is 6.56. The highest BCUT2D eigenvalue weighted by molar-refractivity contribution is 6.03. The van der Waals surface area contributed by atoms with Gasteiger partial charge >= 0.3 is 11.7 Å². The number of nitrogens with zero attached hydrogens (tertiary/aromatic N) is 4. The van der Waals surface area contributed by atoms with E-state index in [2.05, 4.69) is 4.74 Å². The molecule has 31 heavy (non-hydrogen) atoms. The Morgan fingerprint density at radius 2 is 1.74 bits per heavy atom. The zero-order chi connectivity index (χ0) is 22.7. The summed E-state index contributed by atoms with van der Waals surface area (Å²) in [5.41, 5.74) is 0.991. The Bertz CT molecular complexity index is 1120. The van der Waals surface area contributed by atoms with Crippen LogP contribution in [0.15, 0.2) is 53.9 Å². The smallest absolute Gasteiger partial charge is 0.338 e. The third-order valence-corrected chi connectivity index (χ3v) is 4.79. The molecule has 0 aromatic heterocycles. The molecule has 158 valence electrons. The van der Waals surface area contributed by atoms with Crippen LogP contribution in [0.5, 0.6) is 5.75 Å². The van der Waals surface area contributed by atoms with Gasteiger partial charge in [0.1, 0.15) is 17.5 Å². The molecule has 0 atom stereocenters. The number of ketones is 1. The number of nitriles is 1. The second kappa shape index (κ2) is 8.54. The van der Waals surface area contributed by atoms with Gasteiger partial charge in [0, 0.05) is 20.2 Å². The van der Waals surface area contributed by atoms with Gasteiger partial charge in [-0.05, 0) is 24.3 Å². The minimum Gasteiger partial charge on any atom is -0.478 e. The van der Waals surface area contributed by atoms with Crippen molar-refractivity contribution in [3.63, 3.8) is 0 Å². The number of esters is 1. The van der Waals surface area contributed by atoms with E-state index in [1.165, 1.54) is 12.1 Å². The summed E-state index contributed by atoms with van der Waals surface area (Å²) in [4.78, 5) is 38.4. The standard InChI is InChI=1S/C21H18N4O6/c1-23-15-6-4-5-7-16(15)24(2)20(23)14(11-22)18(26)12-31-19-9-8-13(21(27)30-3)10-17(19)25(28)29/h4-10H,12H2,1-3H3. The number of Topliss-reactive ketones (excluding diaryl/α,β-unsaturated/α-hetero) is 1. The fraction of sp³-hybridized carbons (Fsp3) is 0.190. The van der Waals surface area contributed by atoms with Crippen LogP contribution in [0.2, 0.25) is 0 Å². The lowest BCUT2D eigenvalue weighted by Crippen LogP contribution is -2.28. The molecule has 0 radical (unpaired) electrons. The molecule has 1 heterocycles. The van der Waals surface area contributed by atoms with E-state index in [0.29, 0.717) is 5.82 Å². The number of ether oxygens (including phenoxy) is 2. The first kappa shape index (κ1) is 21.3. The van der Waals surface area contributed by atoms with Crippen molar-refractivity contribution in [2.75, 3.05) is 37.6 Å². The maximum atomic E-state index is 12.8. The molecule has 3 rings (SSSR count). The quantitative estimate of drug-likeness (QED) is 0.227. The highest BCUT2D eigenvalue weighted by Crippen LogP contribution is 2.40. The number of hydrogen-bond donors (Lipinski definition) is 0. The molecule has 0 spiro atoms. The molecule has 0 amide bonds. The maximum Gasteiger partial charge on any atom is 0.338 e. The fourth-order valence-corrected chi connectivity index (χ4v) is 3.30. The normalized spacial score (nSPS) is 12.1. The van der Waals surface area contributed by atoms with Crippen LogP contribution in [0, 0.1) is 21.4 Å². The van der Waals surface area contributed by atoms with Crippen LogP contribution in [0.25, 0.3) is 0 Å². The lowest BCUT2D eigenvalue weighted by atomic mass is 10.1. The van der Waals surface area contributed by atoms with Gasteiger partial charge in [-0.1, -0.05) is 12.1 Å². The molecule has 10 nitrogen and oxygen atoms in total. The van der Waals surface area contributed by atoms with Gasteiger partial charge in [0.2, 0.25) is 5.78 Å². The van der Waals surface area contributed by atoms with Crippen LogP contribution in [-0.4, -0.2) is 44.5 Å². The number of nitro groups is 1. The molecule has 0 unspecified atom stereocenters. The summed E-state index contributed by atoms with van der Waals surface area (Å²) >= 11 is 0. The molecule has 2 aromatic carbocycles. The predicted molar refractivity (Wildman–Crippen MR) is 111 cm³/mol. The summed E-state index contributed by atoms with van der Waals surface area (Å²) in [5.74, 6) is -1.21. The van der Waals surface area contributed by atoms with E-state index in [9.17, 15) is 25.0 Å². The van der Waals surface area contributed by atoms with E-state index in [0.717, 1.165) is 24.6 Å². The van der Waals surface area contributed by atoms with Crippen LogP contribution in [0.3, 0.4) is 0 Å². The summed E-state index contributed by atoms with van der Waals surface area (Å²) < 4.78 is 9.90. The van der Waals surface area contributed by atoms with Crippen molar-refractivity contribution in [3.05, 3.63) is 69.5 Å². The molecule has 1 aliphatic rings. The van der Waals surface area contributed by atoms with Crippen molar-refractivity contribution >= 4 is 28.8 Å². The molecule has 0 saturated heterocycles. The van der Waals surface area contributed by atoms with Crippen molar-refractivity contribution in [1.82, 2.24) is 0 Å². The summed E-state index contributed by atoms with van der Waals surface area (Å²) in [6.45, 7) is -0.594. The van der Waals surface area contributed by atoms with E-state index in [1.54, 1.807) is 23.9 Å². The van der Waals surface area contributed by atoms with E-state index in [4.69, 9.17) is 4.74 Å². The minimum absolute atomic E-state index is 0.0281. The zero-order valence-corrected chi connectivity index (χ0v) is 17.0. The highest BCUT2D eigenvalue weighted by Gasteiger charge is 2.31. The predicted octanol–water partition coefficient (Wildman–Crippen LogP) is 2.65. The molecule has 0 N–H and O–H groups in total. The van der Waals surface area contributed by atoms with Gasteiger partial charge in [-0.15, -0.1) is 0 Å². The first-order valence-electron chi connectivity index (χ1n) is 9.03. The number of benzene rings is 2. The molecule has 0 aliphatic carbocycles. The summed E-state index contributed by atoms with van der Waals surface area (Å²) in [5, 5.41) is 21.0. The molecule has 1 aliphatic heterocycles. The summed E-state index contributed by atoms with van der Waals surface area (Å²) in [7, 11) is 4.63. The minimum atomic E-state index is -0.742. The van der Waals surface area contributed by atoms with E-state index in [-0.39, 0.29) is 16.9 Å². The van der Waals surface area contributed by atoms with Crippen molar-refractivity contribution < 1.29 is 24.0 Å². The molecular formula is C21H18N4O6. The van der Waals surface area contributed by atoms with Crippen LogP contribution in [-0.2, 0) is 9.53 Å². The topological polar surface area (TPSA) is 126 Å². The van der Waals surface area contributed by atoms with Crippen LogP contribution >= 0.6 is 0 Å². The van der Waals surface area contributed by atoms with E-state index in [1.807, 2.05) is 30.3 Å². The van der Waals surface area contributed by atoms with Crippen molar-refractivity contribution in [1.29, 1.82) is 5.26 Å². The van der Waals surface area contributed by atoms with Gasteiger partial charge < -0.3 is 19.3 Å². The van der Waals surface area contributed by atoms with Crippen LogP contribution < -0.4 is 14.5 Å². The van der Waals surface area contributed by atoms with Gasteiger partial charge in [-0.3, -0.25) is 14.9 Å². The highest BCUT2D eigenvalue weighted by atomic mass is 16.6. The number of para-hydroxylation sites is 2. The average Bonchev–Trinajstić information content (AvgIpc) is 3.03. The molecule has 10 heteroatoms. The van der Waals surface area contributed by atoms with E-state index >= 15 is 0 Å². The Kier molecular flexibility index (Phi) is 5.88. The number of anilines is 2. The Balaban J connectivity index is 1.87. The number of hydrogen-bond acceptors (Lipinski definition) is 9. The Morgan fingerprint density at radius 3 is 2.26 bits per heavy atom. The largest absolute Gasteiger partial charge is 0.478 e. The van der Waals surface area contributed by atoms with Crippen LogP contribution in [0.4, 0.5) is 17.1 Å². The van der Waals surface area contributed by atoms with Gasteiger partial charge in [0.05, 0.1) is 29.0 Å². The lowest BCUT2D eigenvalue weighted by Gasteiger charge is -2.20. The number of methoxy groups -OCH3 is 1. The molecular weight excluding hydrogens is 404 g/mol. The maximum absolute atomic E-state index is 12.8. The molecule has 0 fully saturated rings. The zero-order valence-electron chi connectivity index (χ0n) is 17.0. The average molecular weight is 422 g/mol. The summed E-state index contributed by atoms with van der Waals surface area (Å²) in [6, 6.07) is 12.8. The van der Waals surface area contributed by atoms with Crippen molar-refractivity contribution in [2.24, 2.45) is 0 Å². The van der Waals surface area contributed by atoms with Gasteiger partial charge in [0.15, 0.2) is 12.4 Å². The third-order valence-electron chi connectivity index (χ3n) is 4.79. The van der Waals surface area contributed by atoms with Gasteiger partial charge in [0.25, 0.3) is 0 Å². The Morgan fingerprint density at radius 1 is 1.13 bits per heavy atom. The number of carbonyl (C=O) groups excluding carboxylic acids is 2. The van der Waals surface area contributed by atoms with Crippen molar-refractivity contribution in [3.8, 4) is 11.8 Å². The monoisotopic (exact) mass is 422 g/mol. The van der Waals surface area contributed by atoms with Gasteiger partial charge in [-0.25, -0.2) is 4.79 Å². The first-order chi connectivity index (χ1) is 14.8. The fourth-order valence-electron chi connectivity index (χ4n) is 3.30. The molecule has 0 saturated carbocycles. The number of nitro benzene ring substituents is 1. The summed E-state index contributed by atoms with van der Waals surface area (Å²) in [6.07, 6.45) is 0. The lowest BCUT2D eigenvalue weighted by molar-refractivity contribution is -0.385. The number of fused-ring (bicyclic) bond motifs is 1. The van der Waals surface area contributed by atoms with Crippen molar-refractivity contribution in [2.45, 2.75) is 0 Å². The number of carbonyl (C=O) groups is 2. The van der Waals surface area contributed by atoms with Crippen LogP contribution in [0.1, 0.15) is 10.4 Å². The second-order valence-electron chi connectivity index (χ2n) is 6.56. The Labute approximate surface area is 177 Å². The Hall–Kier alpha value is -4.39. The van der Waals surface area contributed by atoms with Gasteiger partial charge in [-0.2, -0.15) is 5.26 Å². The number of rotatable bonds is 6. The molecule has 2 aromatic rings. The molecule has 0 bridgehead atoms. The SMILES string of the molecule is COC(=O)c1ccc(OCC(=O)C(C#N)=C2N(C)c3ccccc3N2C)c([N+](=O)[O-])c1.